The molecule has 0 aliphatic rings. The first kappa shape index (κ1) is 20.5. The van der Waals surface area contributed by atoms with E-state index in [4.69, 9.17) is 16.3 Å². The summed E-state index contributed by atoms with van der Waals surface area (Å²) < 4.78 is 6.86. The number of aromatic nitrogens is 3. The molecule has 29 heavy (non-hydrogen) atoms. The van der Waals surface area contributed by atoms with Gasteiger partial charge in [0.1, 0.15) is 5.75 Å². The third kappa shape index (κ3) is 5.89. The normalized spacial score (nSPS) is 10.6. The quantitative estimate of drug-likeness (QED) is 0.575. The fraction of sp³-hybridized carbons (Fsp3) is 0.238. The zero-order valence-electron chi connectivity index (χ0n) is 16.0. The van der Waals surface area contributed by atoms with Crippen molar-refractivity contribution in [1.82, 2.24) is 20.1 Å². The van der Waals surface area contributed by atoms with E-state index >= 15 is 0 Å². The predicted octanol–water partition coefficient (Wildman–Crippen LogP) is 2.85. The van der Waals surface area contributed by atoms with Gasteiger partial charge in [0.25, 0.3) is 11.5 Å². The number of amides is 1. The van der Waals surface area contributed by atoms with Gasteiger partial charge in [-0.1, -0.05) is 11.6 Å². The summed E-state index contributed by atoms with van der Waals surface area (Å²) >= 11 is 5.97. The van der Waals surface area contributed by atoms with Crippen LogP contribution in [0.15, 0.2) is 59.7 Å². The van der Waals surface area contributed by atoms with Crippen LogP contribution in [0, 0.1) is 6.92 Å². The first-order valence-electron chi connectivity index (χ1n) is 9.17. The molecule has 1 N–H and O–H groups in total. The fourth-order valence-electron chi connectivity index (χ4n) is 2.65. The Morgan fingerprint density at radius 3 is 2.72 bits per heavy atom. The van der Waals surface area contributed by atoms with Gasteiger partial charge in [0.05, 0.1) is 5.69 Å². The van der Waals surface area contributed by atoms with Gasteiger partial charge < -0.3 is 10.1 Å². The zero-order chi connectivity index (χ0) is 20.6. The van der Waals surface area contributed by atoms with Crippen molar-refractivity contribution in [3.8, 4) is 17.0 Å². The Kier molecular flexibility index (Phi) is 6.97. The molecule has 0 aliphatic carbocycles. The molecule has 3 rings (SSSR count). The van der Waals surface area contributed by atoms with Crippen LogP contribution in [0.2, 0.25) is 5.02 Å². The molecule has 1 amide bonds. The minimum Gasteiger partial charge on any atom is -0.484 e. The number of ether oxygens (including phenoxy) is 1. The molecular formula is C21H21ClN4O3. The van der Waals surface area contributed by atoms with Gasteiger partial charge in [-0.25, -0.2) is 4.68 Å². The Morgan fingerprint density at radius 1 is 1.17 bits per heavy atom. The Morgan fingerprint density at radius 2 is 1.97 bits per heavy atom. The summed E-state index contributed by atoms with van der Waals surface area (Å²) in [7, 11) is 0. The van der Waals surface area contributed by atoms with Crippen molar-refractivity contribution in [2.75, 3.05) is 13.2 Å². The van der Waals surface area contributed by atoms with E-state index in [2.05, 4.69) is 15.4 Å². The summed E-state index contributed by atoms with van der Waals surface area (Å²) in [4.78, 5) is 27.9. The highest BCUT2D eigenvalue weighted by atomic mass is 35.5. The van der Waals surface area contributed by atoms with Gasteiger partial charge in [-0.3, -0.25) is 14.6 Å². The monoisotopic (exact) mass is 412 g/mol. The van der Waals surface area contributed by atoms with Crippen molar-refractivity contribution in [2.24, 2.45) is 0 Å². The van der Waals surface area contributed by atoms with E-state index in [0.29, 0.717) is 36.0 Å². The Balaban J connectivity index is 1.46. The van der Waals surface area contributed by atoms with Crippen LogP contribution < -0.4 is 15.6 Å². The fourth-order valence-corrected chi connectivity index (χ4v) is 2.77. The lowest BCUT2D eigenvalue weighted by molar-refractivity contribution is -0.123. The number of carbonyl (C=O) groups excluding carboxylic acids is 1. The largest absolute Gasteiger partial charge is 0.484 e. The van der Waals surface area contributed by atoms with E-state index in [1.165, 1.54) is 10.7 Å². The smallest absolute Gasteiger partial charge is 0.266 e. The molecule has 0 saturated carbocycles. The number of benzene rings is 1. The van der Waals surface area contributed by atoms with Gasteiger partial charge in [0, 0.05) is 42.1 Å². The predicted molar refractivity (Wildman–Crippen MR) is 111 cm³/mol. The second-order valence-electron chi connectivity index (χ2n) is 6.42. The maximum absolute atomic E-state index is 12.0. The van der Waals surface area contributed by atoms with E-state index in [0.717, 1.165) is 11.1 Å². The van der Waals surface area contributed by atoms with Gasteiger partial charge in [-0.05, 0) is 55.3 Å². The lowest BCUT2D eigenvalue weighted by atomic mass is 10.2. The lowest BCUT2D eigenvalue weighted by Crippen LogP contribution is -2.31. The number of nitrogens with one attached hydrogen (secondary N) is 1. The summed E-state index contributed by atoms with van der Waals surface area (Å²) in [6.07, 6.45) is 3.92. The number of carbonyl (C=O) groups is 1. The minimum atomic E-state index is -0.233. The van der Waals surface area contributed by atoms with Gasteiger partial charge in [0.2, 0.25) is 0 Å². The topological polar surface area (TPSA) is 86.1 Å². The van der Waals surface area contributed by atoms with Crippen molar-refractivity contribution in [2.45, 2.75) is 19.9 Å². The van der Waals surface area contributed by atoms with Crippen LogP contribution in [0.1, 0.15) is 12.0 Å². The van der Waals surface area contributed by atoms with E-state index in [1.54, 1.807) is 36.7 Å². The number of hydrogen-bond donors (Lipinski definition) is 1. The van der Waals surface area contributed by atoms with Crippen LogP contribution in [0.5, 0.6) is 5.75 Å². The van der Waals surface area contributed by atoms with Crippen molar-refractivity contribution >= 4 is 17.5 Å². The number of aryl methyl sites for hydroxylation is 2. The SMILES string of the molecule is Cc1cc(OCC(=O)NCCCn2nc(-c3ccncc3)ccc2=O)ccc1Cl. The van der Waals surface area contributed by atoms with Gasteiger partial charge >= 0.3 is 0 Å². The van der Waals surface area contributed by atoms with E-state index in [-0.39, 0.29) is 18.1 Å². The first-order chi connectivity index (χ1) is 14.0. The Hall–Kier alpha value is -3.19. The highest BCUT2D eigenvalue weighted by Crippen LogP contribution is 2.20. The first-order valence-corrected chi connectivity index (χ1v) is 9.55. The molecule has 2 aromatic heterocycles. The molecule has 2 heterocycles. The summed E-state index contributed by atoms with van der Waals surface area (Å²) in [5, 5.41) is 7.80. The molecule has 8 heteroatoms. The third-order valence-electron chi connectivity index (χ3n) is 4.21. The maximum atomic E-state index is 12.0. The highest BCUT2D eigenvalue weighted by Gasteiger charge is 2.06. The van der Waals surface area contributed by atoms with E-state index < -0.39 is 0 Å². The van der Waals surface area contributed by atoms with Gasteiger partial charge in [-0.15, -0.1) is 0 Å². The molecule has 0 spiro atoms. The number of halogens is 1. The molecule has 1 aromatic carbocycles. The van der Waals surface area contributed by atoms with Crippen LogP contribution in [0.4, 0.5) is 0 Å². The van der Waals surface area contributed by atoms with Crippen molar-refractivity contribution in [1.29, 1.82) is 0 Å². The zero-order valence-corrected chi connectivity index (χ0v) is 16.7. The summed E-state index contributed by atoms with van der Waals surface area (Å²) in [5.74, 6) is 0.356. The summed E-state index contributed by atoms with van der Waals surface area (Å²) in [6, 6.07) is 12.1. The number of hydrogen-bond acceptors (Lipinski definition) is 5. The molecule has 150 valence electrons. The second-order valence-corrected chi connectivity index (χ2v) is 6.83. The molecule has 0 saturated heterocycles. The molecule has 0 aliphatic heterocycles. The van der Waals surface area contributed by atoms with Crippen molar-refractivity contribution < 1.29 is 9.53 Å². The lowest BCUT2D eigenvalue weighted by Gasteiger charge is -2.09. The van der Waals surface area contributed by atoms with E-state index in [9.17, 15) is 9.59 Å². The van der Waals surface area contributed by atoms with Crippen LogP contribution in [-0.2, 0) is 11.3 Å². The molecule has 3 aromatic rings. The molecular weight excluding hydrogens is 392 g/mol. The standard InChI is InChI=1S/C21H21ClN4O3/c1-15-13-17(3-4-18(15)22)29-14-20(27)24-9-2-12-26-21(28)6-5-19(25-26)16-7-10-23-11-8-16/h3-8,10-11,13H,2,9,12,14H2,1H3,(H,24,27). The second kappa shape index (κ2) is 9.84. The molecule has 0 unspecified atom stereocenters. The number of pyridine rings is 1. The molecule has 0 atom stereocenters. The highest BCUT2D eigenvalue weighted by molar-refractivity contribution is 6.31. The number of nitrogens with zero attached hydrogens (tertiary/aromatic N) is 3. The summed E-state index contributed by atoms with van der Waals surface area (Å²) in [6.45, 7) is 2.59. The van der Waals surface area contributed by atoms with E-state index in [1.807, 2.05) is 19.1 Å². The maximum Gasteiger partial charge on any atom is 0.266 e. The van der Waals surface area contributed by atoms with Crippen molar-refractivity contribution in [3.05, 3.63) is 75.8 Å². The summed E-state index contributed by atoms with van der Waals surface area (Å²) in [5.41, 5.74) is 2.28. The molecule has 0 fully saturated rings. The van der Waals surface area contributed by atoms with Crippen LogP contribution in [0.25, 0.3) is 11.3 Å². The van der Waals surface area contributed by atoms with Crippen LogP contribution in [-0.4, -0.2) is 33.8 Å². The third-order valence-corrected chi connectivity index (χ3v) is 4.63. The van der Waals surface area contributed by atoms with Crippen LogP contribution >= 0.6 is 11.6 Å². The molecule has 0 radical (unpaired) electrons. The Bertz CT molecular complexity index is 1040. The molecule has 7 nitrogen and oxygen atoms in total. The van der Waals surface area contributed by atoms with Crippen LogP contribution in [0.3, 0.4) is 0 Å². The number of rotatable bonds is 8. The van der Waals surface area contributed by atoms with Gasteiger partial charge in [0.15, 0.2) is 6.61 Å². The minimum absolute atomic E-state index is 0.0865. The molecule has 0 bridgehead atoms. The van der Waals surface area contributed by atoms with Gasteiger partial charge in [-0.2, -0.15) is 5.10 Å². The average Bonchev–Trinajstić information content (AvgIpc) is 2.74. The average molecular weight is 413 g/mol. The Labute approximate surface area is 173 Å². The van der Waals surface area contributed by atoms with Crippen molar-refractivity contribution in [3.63, 3.8) is 0 Å².